The lowest BCUT2D eigenvalue weighted by Crippen LogP contribution is -2.09. The van der Waals surface area contributed by atoms with E-state index in [1.165, 1.54) is 5.56 Å². The van der Waals surface area contributed by atoms with Gasteiger partial charge in [-0.3, -0.25) is 0 Å². The molecule has 0 fully saturated rings. The van der Waals surface area contributed by atoms with Crippen molar-refractivity contribution in [1.29, 1.82) is 0 Å². The molecule has 0 bridgehead atoms. The second-order valence-electron chi connectivity index (χ2n) is 2.24. The quantitative estimate of drug-likeness (QED) is 0.431. The number of rotatable bonds is 2. The van der Waals surface area contributed by atoms with Crippen molar-refractivity contribution in [2.24, 2.45) is 0 Å². The molecule has 0 nitrogen and oxygen atoms in total. The first kappa shape index (κ1) is 7.82. The molecular formula is C8H10BP. The van der Waals surface area contributed by atoms with Gasteiger partial charge in [0.05, 0.1) is 0 Å². The molecule has 1 rings (SSSR count). The van der Waals surface area contributed by atoms with Gasteiger partial charge in [0.15, 0.2) is 0 Å². The van der Waals surface area contributed by atoms with Crippen LogP contribution in [0.5, 0.6) is 0 Å². The monoisotopic (exact) mass is 148 g/mol. The van der Waals surface area contributed by atoms with Crippen LogP contribution < -0.4 is 5.46 Å². The number of hydrogen-bond donors (Lipinski definition) is 0. The lowest BCUT2D eigenvalue weighted by atomic mass is 9.90. The molecule has 1 aromatic carbocycles. The van der Waals surface area contributed by atoms with E-state index in [1.54, 1.807) is 0 Å². The molecule has 0 aliphatic rings. The summed E-state index contributed by atoms with van der Waals surface area (Å²) in [5.41, 5.74) is 2.16. The predicted octanol–water partition coefficient (Wildman–Crippen LogP) is 0.898. The zero-order valence-electron chi connectivity index (χ0n) is 5.88. The molecule has 0 amide bonds. The molecule has 10 heavy (non-hydrogen) atoms. The van der Waals surface area contributed by atoms with E-state index in [0.29, 0.717) is 0 Å². The molecule has 1 aromatic rings. The van der Waals surface area contributed by atoms with E-state index in [9.17, 15) is 0 Å². The van der Waals surface area contributed by atoms with E-state index in [2.05, 4.69) is 15.3 Å². The van der Waals surface area contributed by atoms with Crippen LogP contribution in [-0.2, 0) is 6.42 Å². The molecule has 1 unspecified atom stereocenters. The zero-order chi connectivity index (χ0) is 7.40. The molecule has 2 radical (unpaired) electrons. The average Bonchev–Trinajstić information content (AvgIpc) is 1.94. The van der Waals surface area contributed by atoms with Crippen LogP contribution in [0.25, 0.3) is 0 Å². The molecule has 0 aliphatic heterocycles. The zero-order valence-corrected chi connectivity index (χ0v) is 7.03. The maximum atomic E-state index is 5.70. The van der Waals surface area contributed by atoms with Crippen molar-refractivity contribution in [3.8, 4) is 0 Å². The number of benzene rings is 1. The topological polar surface area (TPSA) is 0 Å². The molecule has 0 aromatic heterocycles. The molecule has 0 heterocycles. The summed E-state index contributed by atoms with van der Waals surface area (Å²) in [4.78, 5) is 0. The van der Waals surface area contributed by atoms with Gasteiger partial charge in [-0.1, -0.05) is 35.3 Å². The summed E-state index contributed by atoms with van der Waals surface area (Å²) in [5.74, 6) is 0. The van der Waals surface area contributed by atoms with Crippen molar-refractivity contribution in [2.45, 2.75) is 6.42 Å². The predicted molar refractivity (Wildman–Crippen MR) is 50.1 cm³/mol. The first-order valence-electron chi connectivity index (χ1n) is 3.38. The Bertz CT molecular complexity index is 210. The van der Waals surface area contributed by atoms with E-state index in [0.717, 1.165) is 18.0 Å². The van der Waals surface area contributed by atoms with Crippen LogP contribution in [-0.4, -0.2) is 14.0 Å². The van der Waals surface area contributed by atoms with Crippen LogP contribution in [0.1, 0.15) is 5.56 Å². The van der Waals surface area contributed by atoms with Crippen LogP contribution in [0.4, 0.5) is 0 Å². The third-order valence-corrected chi connectivity index (χ3v) is 1.76. The van der Waals surface area contributed by atoms with Crippen molar-refractivity contribution in [2.75, 3.05) is 6.16 Å². The largest absolute Gasteiger partial charge is 0.137 e. The minimum absolute atomic E-state index is 0.907. The Morgan fingerprint density at radius 3 is 2.60 bits per heavy atom. The van der Waals surface area contributed by atoms with E-state index in [-0.39, 0.29) is 0 Å². The molecule has 0 saturated carbocycles. The number of hydrogen-bond acceptors (Lipinski definition) is 0. The van der Waals surface area contributed by atoms with Crippen LogP contribution in [0, 0.1) is 0 Å². The van der Waals surface area contributed by atoms with Crippen molar-refractivity contribution in [3.63, 3.8) is 0 Å². The Morgan fingerprint density at radius 2 is 2.00 bits per heavy atom. The third kappa shape index (κ3) is 1.85. The molecule has 50 valence electrons. The van der Waals surface area contributed by atoms with Gasteiger partial charge in [-0.25, -0.2) is 0 Å². The highest BCUT2D eigenvalue weighted by atomic mass is 31.0. The highest BCUT2D eigenvalue weighted by Crippen LogP contribution is 1.97. The van der Waals surface area contributed by atoms with E-state index in [4.69, 9.17) is 7.85 Å². The fourth-order valence-corrected chi connectivity index (χ4v) is 1.23. The minimum Gasteiger partial charge on any atom is -0.137 e. The summed E-state index contributed by atoms with van der Waals surface area (Å²) in [6.07, 6.45) is 2.13. The van der Waals surface area contributed by atoms with Crippen molar-refractivity contribution < 1.29 is 0 Å². The summed E-state index contributed by atoms with van der Waals surface area (Å²) < 4.78 is 0. The average molecular weight is 148 g/mol. The Hall–Kier alpha value is -0.285. The van der Waals surface area contributed by atoms with Gasteiger partial charge in [0, 0.05) is 0 Å². The Labute approximate surface area is 65.6 Å². The molecule has 0 spiro atoms. The van der Waals surface area contributed by atoms with Crippen molar-refractivity contribution in [1.82, 2.24) is 0 Å². The summed E-state index contributed by atoms with van der Waals surface area (Å²) in [7, 11) is 8.39. The molecule has 1 atom stereocenters. The minimum atomic E-state index is 0.907. The van der Waals surface area contributed by atoms with Gasteiger partial charge in [-0.15, -0.1) is 9.24 Å². The Kier molecular flexibility index (Phi) is 2.95. The van der Waals surface area contributed by atoms with Crippen LogP contribution in [0.3, 0.4) is 0 Å². The van der Waals surface area contributed by atoms with Crippen LogP contribution in [0.2, 0.25) is 0 Å². The van der Waals surface area contributed by atoms with E-state index in [1.807, 2.05) is 18.2 Å². The second-order valence-corrected chi connectivity index (χ2v) is 2.81. The SMILES string of the molecule is [B]c1ccccc1CCP. The van der Waals surface area contributed by atoms with Gasteiger partial charge in [0.25, 0.3) is 0 Å². The first-order valence-corrected chi connectivity index (χ1v) is 4.19. The fraction of sp³-hybridized carbons (Fsp3) is 0.250. The summed E-state index contributed by atoms with van der Waals surface area (Å²) in [6, 6.07) is 7.99. The van der Waals surface area contributed by atoms with Crippen molar-refractivity contribution in [3.05, 3.63) is 29.8 Å². The van der Waals surface area contributed by atoms with Gasteiger partial charge in [-0.05, 0) is 12.6 Å². The molecule has 0 saturated heterocycles. The first-order chi connectivity index (χ1) is 4.84. The highest BCUT2D eigenvalue weighted by molar-refractivity contribution is 7.16. The molecule has 0 aliphatic carbocycles. The van der Waals surface area contributed by atoms with E-state index >= 15 is 0 Å². The Balaban J connectivity index is 2.81. The van der Waals surface area contributed by atoms with Gasteiger partial charge in [-0.2, -0.15) is 0 Å². The molecule has 2 heteroatoms. The molecule has 0 N–H and O–H groups in total. The lowest BCUT2D eigenvalue weighted by molar-refractivity contribution is 1.17. The maximum Gasteiger partial charge on any atom is 0.114 e. The lowest BCUT2D eigenvalue weighted by Gasteiger charge is -2.01. The van der Waals surface area contributed by atoms with Gasteiger partial charge < -0.3 is 0 Å². The summed E-state index contributed by atoms with van der Waals surface area (Å²) >= 11 is 0. The van der Waals surface area contributed by atoms with Crippen LogP contribution in [0.15, 0.2) is 24.3 Å². The highest BCUT2D eigenvalue weighted by Gasteiger charge is 1.92. The van der Waals surface area contributed by atoms with Gasteiger partial charge in [0.2, 0.25) is 0 Å². The normalized spacial score (nSPS) is 9.70. The van der Waals surface area contributed by atoms with E-state index < -0.39 is 0 Å². The van der Waals surface area contributed by atoms with Crippen molar-refractivity contribution >= 4 is 22.5 Å². The fourth-order valence-electron chi connectivity index (χ4n) is 0.917. The van der Waals surface area contributed by atoms with Gasteiger partial charge >= 0.3 is 0 Å². The number of aryl methyl sites for hydroxylation is 1. The molecular weight excluding hydrogens is 138 g/mol. The Morgan fingerprint density at radius 1 is 1.30 bits per heavy atom. The van der Waals surface area contributed by atoms with Crippen LogP contribution >= 0.6 is 9.24 Å². The standard InChI is InChI=1S/C8H10BP/c9-8-4-2-1-3-7(8)5-6-10/h1-4H,5-6,10H2. The maximum absolute atomic E-state index is 5.70. The third-order valence-electron chi connectivity index (χ3n) is 1.47. The summed E-state index contributed by atoms with van der Waals surface area (Å²) in [6.45, 7) is 0. The smallest absolute Gasteiger partial charge is 0.114 e. The second kappa shape index (κ2) is 3.78. The van der Waals surface area contributed by atoms with Gasteiger partial charge in [0.1, 0.15) is 7.85 Å². The summed E-state index contributed by atoms with van der Waals surface area (Å²) in [5, 5.41) is 0.